The minimum absolute atomic E-state index is 0.0825. The Morgan fingerprint density at radius 2 is 1.96 bits per heavy atom. The topological polar surface area (TPSA) is 78.5 Å². The average molecular weight is 348 g/mol. The molecule has 0 unspecified atom stereocenters. The normalized spacial score (nSPS) is 11.1. The number of hydrogen-bond donors (Lipinski definition) is 0. The number of esters is 1. The number of fused-ring (bicyclic) bond motifs is 2. The van der Waals surface area contributed by atoms with Crippen molar-refractivity contribution >= 4 is 22.6 Å². The molecule has 0 amide bonds. The molecule has 0 spiro atoms. The third-order valence-electron chi connectivity index (χ3n) is 4.23. The summed E-state index contributed by atoms with van der Waals surface area (Å²) in [5.41, 5.74) is 1.84. The lowest BCUT2D eigenvalue weighted by molar-refractivity contribution is 0.0489. The molecule has 0 atom stereocenters. The first kappa shape index (κ1) is 16.0. The molecule has 0 aliphatic rings. The summed E-state index contributed by atoms with van der Waals surface area (Å²) in [6.07, 6.45) is 2.83. The van der Waals surface area contributed by atoms with E-state index in [-0.39, 0.29) is 12.2 Å². The molecule has 0 fully saturated rings. The van der Waals surface area contributed by atoms with Crippen LogP contribution in [0.4, 0.5) is 0 Å². The fourth-order valence-corrected chi connectivity index (χ4v) is 2.95. The van der Waals surface area contributed by atoms with Crippen LogP contribution < -0.4 is 5.56 Å². The quantitative estimate of drug-likeness (QED) is 0.528. The fourth-order valence-electron chi connectivity index (χ4n) is 2.95. The lowest BCUT2D eigenvalue weighted by Crippen LogP contribution is -2.25. The number of aromatic nitrogens is 4. The van der Waals surface area contributed by atoms with Crippen LogP contribution in [0.2, 0.25) is 0 Å². The number of benzene rings is 1. The third-order valence-corrected chi connectivity index (χ3v) is 4.23. The maximum absolute atomic E-state index is 12.4. The Kier molecular flexibility index (Phi) is 3.96. The Balaban J connectivity index is 1.52. The molecule has 0 saturated heterocycles. The molecule has 0 aliphatic heterocycles. The second-order valence-corrected chi connectivity index (χ2v) is 5.84. The summed E-state index contributed by atoms with van der Waals surface area (Å²) in [6, 6.07) is 13.0. The van der Waals surface area contributed by atoms with Crippen molar-refractivity contribution in [2.24, 2.45) is 0 Å². The van der Waals surface area contributed by atoms with Gasteiger partial charge in [-0.2, -0.15) is 0 Å². The highest BCUT2D eigenvalue weighted by Crippen LogP contribution is 2.15. The van der Waals surface area contributed by atoms with Crippen LogP contribution >= 0.6 is 0 Å². The van der Waals surface area contributed by atoms with Crippen molar-refractivity contribution < 1.29 is 9.53 Å². The molecule has 0 saturated carbocycles. The van der Waals surface area contributed by atoms with E-state index in [1.54, 1.807) is 24.4 Å². The summed E-state index contributed by atoms with van der Waals surface area (Å²) < 4.78 is 8.60. The summed E-state index contributed by atoms with van der Waals surface area (Å²) in [6.45, 7) is 2.50. The fraction of sp³-hybridized carbons (Fsp3) is 0.158. The molecule has 0 N–H and O–H groups in total. The number of imidazole rings is 1. The van der Waals surface area contributed by atoms with E-state index < -0.39 is 11.5 Å². The Labute approximate surface area is 148 Å². The molecule has 0 radical (unpaired) electrons. The monoisotopic (exact) mass is 348 g/mol. The zero-order valence-corrected chi connectivity index (χ0v) is 14.1. The Morgan fingerprint density at radius 1 is 1.15 bits per heavy atom. The average Bonchev–Trinajstić information content (AvgIpc) is 2.97. The van der Waals surface area contributed by atoms with Crippen LogP contribution in [0.15, 0.2) is 59.7 Å². The number of rotatable bonds is 4. The van der Waals surface area contributed by atoms with Gasteiger partial charge in [0.1, 0.15) is 23.6 Å². The number of carbonyl (C=O) groups is 1. The minimum Gasteiger partial charge on any atom is -0.460 e. The standard InChI is InChI=1S/C19H16N4O3/c1-13-21-15-6-2-3-7-16(15)22(13)10-11-26-19(25)14-12-20-17-8-4-5-9-23(17)18(14)24/h2-9,12H,10-11H2,1H3. The van der Waals surface area contributed by atoms with Crippen molar-refractivity contribution in [2.75, 3.05) is 6.61 Å². The van der Waals surface area contributed by atoms with Crippen molar-refractivity contribution in [3.63, 3.8) is 0 Å². The van der Waals surface area contributed by atoms with Gasteiger partial charge in [0, 0.05) is 12.4 Å². The van der Waals surface area contributed by atoms with E-state index in [0.29, 0.717) is 12.2 Å². The highest BCUT2D eigenvalue weighted by Gasteiger charge is 2.15. The first-order valence-corrected chi connectivity index (χ1v) is 8.20. The number of para-hydroxylation sites is 2. The van der Waals surface area contributed by atoms with Crippen LogP contribution in [0.25, 0.3) is 16.7 Å². The third kappa shape index (κ3) is 2.73. The van der Waals surface area contributed by atoms with Crippen LogP contribution in [0.5, 0.6) is 0 Å². The first-order chi connectivity index (χ1) is 12.6. The van der Waals surface area contributed by atoms with Crippen molar-refractivity contribution in [2.45, 2.75) is 13.5 Å². The zero-order chi connectivity index (χ0) is 18.1. The maximum Gasteiger partial charge on any atom is 0.345 e. The predicted molar refractivity (Wildman–Crippen MR) is 96.2 cm³/mol. The highest BCUT2D eigenvalue weighted by molar-refractivity contribution is 5.88. The largest absolute Gasteiger partial charge is 0.460 e. The van der Waals surface area contributed by atoms with Crippen LogP contribution in [-0.4, -0.2) is 31.5 Å². The van der Waals surface area contributed by atoms with Crippen molar-refractivity contribution in [1.29, 1.82) is 0 Å². The van der Waals surface area contributed by atoms with Gasteiger partial charge in [0.25, 0.3) is 5.56 Å². The molecule has 130 valence electrons. The van der Waals surface area contributed by atoms with E-state index in [1.165, 1.54) is 10.6 Å². The van der Waals surface area contributed by atoms with E-state index in [0.717, 1.165) is 16.9 Å². The van der Waals surface area contributed by atoms with E-state index in [9.17, 15) is 9.59 Å². The number of carbonyl (C=O) groups excluding carboxylic acids is 1. The van der Waals surface area contributed by atoms with E-state index >= 15 is 0 Å². The number of ether oxygens (including phenoxy) is 1. The van der Waals surface area contributed by atoms with Crippen molar-refractivity contribution in [1.82, 2.24) is 18.9 Å². The van der Waals surface area contributed by atoms with Crippen LogP contribution in [-0.2, 0) is 11.3 Å². The molecule has 26 heavy (non-hydrogen) atoms. The zero-order valence-electron chi connectivity index (χ0n) is 14.1. The molecule has 4 aromatic rings. The van der Waals surface area contributed by atoms with E-state index in [2.05, 4.69) is 9.97 Å². The molecule has 3 heterocycles. The molecule has 4 rings (SSSR count). The second kappa shape index (κ2) is 6.44. The van der Waals surface area contributed by atoms with Crippen LogP contribution in [0.3, 0.4) is 0 Å². The van der Waals surface area contributed by atoms with Gasteiger partial charge in [-0.3, -0.25) is 9.20 Å². The Bertz CT molecular complexity index is 1180. The maximum atomic E-state index is 12.4. The summed E-state index contributed by atoms with van der Waals surface area (Å²) in [7, 11) is 0. The summed E-state index contributed by atoms with van der Waals surface area (Å²) in [5.74, 6) is 0.164. The molecule has 1 aromatic carbocycles. The summed E-state index contributed by atoms with van der Waals surface area (Å²) in [4.78, 5) is 33.3. The van der Waals surface area contributed by atoms with Crippen LogP contribution in [0, 0.1) is 6.92 Å². The molecule has 7 nitrogen and oxygen atoms in total. The number of pyridine rings is 1. The van der Waals surface area contributed by atoms with Gasteiger partial charge in [-0.1, -0.05) is 18.2 Å². The van der Waals surface area contributed by atoms with Gasteiger partial charge in [-0.15, -0.1) is 0 Å². The SMILES string of the molecule is Cc1nc2ccccc2n1CCOC(=O)c1cnc2ccccn2c1=O. The van der Waals surface area contributed by atoms with Crippen molar-refractivity contribution in [3.05, 3.63) is 76.6 Å². The lowest BCUT2D eigenvalue weighted by atomic mass is 10.3. The van der Waals surface area contributed by atoms with Gasteiger partial charge in [-0.05, 0) is 31.2 Å². The van der Waals surface area contributed by atoms with Gasteiger partial charge in [-0.25, -0.2) is 14.8 Å². The van der Waals surface area contributed by atoms with Gasteiger partial charge < -0.3 is 9.30 Å². The summed E-state index contributed by atoms with van der Waals surface area (Å²) in [5, 5.41) is 0. The van der Waals surface area contributed by atoms with Crippen molar-refractivity contribution in [3.8, 4) is 0 Å². The number of aryl methyl sites for hydroxylation is 1. The number of nitrogens with zero attached hydrogens (tertiary/aromatic N) is 4. The van der Waals surface area contributed by atoms with Gasteiger partial charge in [0.05, 0.1) is 17.6 Å². The highest BCUT2D eigenvalue weighted by atomic mass is 16.5. The molecule has 3 aromatic heterocycles. The molecule has 0 aliphatic carbocycles. The molecule has 7 heteroatoms. The molecular weight excluding hydrogens is 332 g/mol. The smallest absolute Gasteiger partial charge is 0.345 e. The van der Waals surface area contributed by atoms with E-state index in [4.69, 9.17) is 4.74 Å². The second-order valence-electron chi connectivity index (χ2n) is 5.84. The predicted octanol–water partition coefficient (Wildman–Crippen LogP) is 2.21. The minimum atomic E-state index is -0.678. The van der Waals surface area contributed by atoms with Gasteiger partial charge in [0.2, 0.25) is 0 Å². The molecular formula is C19H16N4O3. The summed E-state index contributed by atoms with van der Waals surface area (Å²) >= 11 is 0. The lowest BCUT2D eigenvalue weighted by Gasteiger charge is -2.08. The molecule has 0 bridgehead atoms. The number of hydrogen-bond acceptors (Lipinski definition) is 5. The first-order valence-electron chi connectivity index (χ1n) is 8.20. The Morgan fingerprint density at radius 3 is 2.85 bits per heavy atom. The van der Waals surface area contributed by atoms with Gasteiger partial charge >= 0.3 is 5.97 Å². The Hall–Kier alpha value is -3.48. The van der Waals surface area contributed by atoms with E-state index in [1.807, 2.05) is 35.8 Å². The van der Waals surface area contributed by atoms with Gasteiger partial charge in [0.15, 0.2) is 0 Å². The van der Waals surface area contributed by atoms with Crippen LogP contribution in [0.1, 0.15) is 16.2 Å².